The number of hydrogen-bond donors (Lipinski definition) is 2. The van der Waals surface area contributed by atoms with E-state index in [0.29, 0.717) is 0 Å². The standard InChI is InChI=1S/C7H14F3N3O2S2/c1-5(6(11)16)3-13(2)17(14,15)12-4-7(8,9)10/h5,12H,3-4H2,1-2H3,(H2,11,16). The quantitative estimate of drug-likeness (QED) is 0.688. The molecule has 0 aliphatic heterocycles. The van der Waals surface area contributed by atoms with Crippen molar-refractivity contribution in [3.63, 3.8) is 0 Å². The molecule has 1 unspecified atom stereocenters. The molecule has 0 aromatic heterocycles. The number of nitrogens with one attached hydrogen (secondary N) is 1. The fourth-order valence-corrected chi connectivity index (χ4v) is 1.92. The summed E-state index contributed by atoms with van der Waals surface area (Å²) >= 11 is 4.64. The Morgan fingerprint density at radius 1 is 1.53 bits per heavy atom. The molecule has 102 valence electrons. The van der Waals surface area contributed by atoms with E-state index in [1.54, 1.807) is 6.92 Å². The highest BCUT2D eigenvalue weighted by molar-refractivity contribution is 7.87. The van der Waals surface area contributed by atoms with Crippen molar-refractivity contribution in [2.45, 2.75) is 13.1 Å². The van der Waals surface area contributed by atoms with Gasteiger partial charge >= 0.3 is 6.18 Å². The lowest BCUT2D eigenvalue weighted by atomic mass is 10.2. The molecule has 0 aromatic carbocycles. The van der Waals surface area contributed by atoms with Gasteiger partial charge in [-0.25, -0.2) is 0 Å². The van der Waals surface area contributed by atoms with E-state index < -0.39 is 28.8 Å². The van der Waals surface area contributed by atoms with E-state index in [9.17, 15) is 21.6 Å². The van der Waals surface area contributed by atoms with E-state index in [4.69, 9.17) is 5.73 Å². The van der Waals surface area contributed by atoms with Crippen LogP contribution in [0.15, 0.2) is 0 Å². The molecule has 0 bridgehead atoms. The zero-order valence-corrected chi connectivity index (χ0v) is 10.9. The van der Waals surface area contributed by atoms with Gasteiger partial charge in [0.1, 0.15) is 6.54 Å². The summed E-state index contributed by atoms with van der Waals surface area (Å²) in [5.41, 5.74) is 5.28. The number of nitrogens with two attached hydrogens (primary N) is 1. The van der Waals surface area contributed by atoms with Gasteiger partial charge in [0, 0.05) is 19.5 Å². The molecule has 0 saturated heterocycles. The summed E-state index contributed by atoms with van der Waals surface area (Å²) in [6, 6.07) is 0. The second-order valence-electron chi connectivity index (χ2n) is 3.53. The van der Waals surface area contributed by atoms with E-state index in [2.05, 4.69) is 12.2 Å². The van der Waals surface area contributed by atoms with E-state index in [-0.39, 0.29) is 11.5 Å². The van der Waals surface area contributed by atoms with Gasteiger partial charge in [0.05, 0.1) is 4.99 Å². The molecule has 0 fully saturated rings. The van der Waals surface area contributed by atoms with Crippen LogP contribution in [0.5, 0.6) is 0 Å². The molecule has 0 spiro atoms. The largest absolute Gasteiger partial charge is 0.402 e. The van der Waals surface area contributed by atoms with Gasteiger partial charge in [-0.05, 0) is 0 Å². The second-order valence-corrected chi connectivity index (χ2v) is 5.86. The minimum absolute atomic E-state index is 0.0808. The summed E-state index contributed by atoms with van der Waals surface area (Å²) < 4.78 is 60.5. The Labute approximate surface area is 103 Å². The lowest BCUT2D eigenvalue weighted by Crippen LogP contribution is -2.45. The highest BCUT2D eigenvalue weighted by Crippen LogP contribution is 2.13. The first-order chi connectivity index (χ1) is 7.46. The van der Waals surface area contributed by atoms with Gasteiger partial charge in [0.15, 0.2) is 0 Å². The Balaban J connectivity index is 4.46. The molecule has 0 rings (SSSR count). The first kappa shape index (κ1) is 16.6. The van der Waals surface area contributed by atoms with Crippen LogP contribution in [0, 0.1) is 5.92 Å². The van der Waals surface area contributed by atoms with Crippen LogP contribution in [0.1, 0.15) is 6.92 Å². The Morgan fingerprint density at radius 3 is 2.35 bits per heavy atom. The maximum Gasteiger partial charge on any atom is 0.402 e. The third kappa shape index (κ3) is 6.76. The highest BCUT2D eigenvalue weighted by Gasteiger charge is 2.31. The summed E-state index contributed by atoms with van der Waals surface area (Å²) in [5.74, 6) is -0.419. The van der Waals surface area contributed by atoms with E-state index >= 15 is 0 Å². The van der Waals surface area contributed by atoms with Gasteiger partial charge in [-0.2, -0.15) is 30.6 Å². The van der Waals surface area contributed by atoms with Crippen LogP contribution in [0.2, 0.25) is 0 Å². The molecule has 0 aromatic rings. The minimum Gasteiger partial charge on any atom is -0.393 e. The Morgan fingerprint density at radius 2 is 2.00 bits per heavy atom. The van der Waals surface area contributed by atoms with Crippen molar-refractivity contribution < 1.29 is 21.6 Å². The molecule has 0 saturated carbocycles. The van der Waals surface area contributed by atoms with Gasteiger partial charge in [-0.3, -0.25) is 0 Å². The van der Waals surface area contributed by atoms with Crippen molar-refractivity contribution in [3.8, 4) is 0 Å². The molecular formula is C7H14F3N3O2S2. The van der Waals surface area contributed by atoms with Crippen LogP contribution >= 0.6 is 12.2 Å². The monoisotopic (exact) mass is 293 g/mol. The van der Waals surface area contributed by atoms with E-state index in [1.165, 1.54) is 4.72 Å². The predicted molar refractivity (Wildman–Crippen MR) is 61.6 cm³/mol. The summed E-state index contributed by atoms with van der Waals surface area (Å²) in [6.07, 6.45) is -4.59. The number of thiocarbonyl (C=S) groups is 1. The molecule has 0 radical (unpaired) electrons. The van der Waals surface area contributed by atoms with E-state index in [0.717, 1.165) is 11.4 Å². The predicted octanol–water partition coefficient (Wildman–Crippen LogP) is 0.237. The second kappa shape index (κ2) is 5.94. The first-order valence-corrected chi connectivity index (χ1v) is 6.37. The minimum atomic E-state index is -4.59. The summed E-state index contributed by atoms with van der Waals surface area (Å²) in [5, 5.41) is 0. The van der Waals surface area contributed by atoms with Crippen molar-refractivity contribution in [2.24, 2.45) is 11.7 Å². The Hall–Kier alpha value is -0.450. The lowest BCUT2D eigenvalue weighted by molar-refractivity contribution is -0.121. The maximum atomic E-state index is 11.9. The van der Waals surface area contributed by atoms with Crippen LogP contribution < -0.4 is 10.5 Å². The van der Waals surface area contributed by atoms with Crippen molar-refractivity contribution in [1.29, 1.82) is 0 Å². The van der Waals surface area contributed by atoms with Crippen LogP contribution in [0.3, 0.4) is 0 Å². The molecule has 0 heterocycles. The molecule has 5 nitrogen and oxygen atoms in total. The number of alkyl halides is 3. The highest BCUT2D eigenvalue weighted by atomic mass is 32.2. The Bertz CT molecular complexity index is 369. The van der Waals surface area contributed by atoms with Crippen molar-refractivity contribution in [3.05, 3.63) is 0 Å². The fourth-order valence-electron chi connectivity index (χ4n) is 0.857. The normalized spacial score (nSPS) is 14.9. The molecule has 0 amide bonds. The molecular weight excluding hydrogens is 279 g/mol. The Kier molecular flexibility index (Phi) is 5.78. The molecule has 1 atom stereocenters. The van der Waals surface area contributed by atoms with Crippen LogP contribution in [0.4, 0.5) is 13.2 Å². The summed E-state index contributed by atoms with van der Waals surface area (Å²) in [7, 11) is -3.03. The lowest BCUT2D eigenvalue weighted by Gasteiger charge is -2.21. The SMILES string of the molecule is CC(CN(C)S(=O)(=O)NCC(F)(F)F)C(N)=S. The van der Waals surface area contributed by atoms with Gasteiger partial charge in [-0.1, -0.05) is 19.1 Å². The van der Waals surface area contributed by atoms with Crippen molar-refractivity contribution in [2.75, 3.05) is 20.1 Å². The number of hydrogen-bond acceptors (Lipinski definition) is 3. The van der Waals surface area contributed by atoms with Crippen LogP contribution in [-0.4, -0.2) is 44.0 Å². The van der Waals surface area contributed by atoms with Gasteiger partial charge in [-0.15, -0.1) is 0 Å². The third-order valence-corrected chi connectivity index (χ3v) is 3.76. The molecule has 17 heavy (non-hydrogen) atoms. The fraction of sp³-hybridized carbons (Fsp3) is 0.857. The van der Waals surface area contributed by atoms with Gasteiger partial charge < -0.3 is 5.73 Å². The molecule has 3 N–H and O–H groups in total. The van der Waals surface area contributed by atoms with E-state index in [1.807, 2.05) is 0 Å². The summed E-state index contributed by atoms with van der Waals surface area (Å²) in [4.78, 5) is 0.0999. The molecule has 0 aliphatic carbocycles. The van der Waals surface area contributed by atoms with Crippen LogP contribution in [0.25, 0.3) is 0 Å². The maximum absolute atomic E-state index is 11.9. The summed E-state index contributed by atoms with van der Waals surface area (Å²) in [6.45, 7) is -0.109. The molecule has 10 heteroatoms. The smallest absolute Gasteiger partial charge is 0.393 e. The number of nitrogens with zero attached hydrogens (tertiary/aromatic N) is 1. The average molecular weight is 293 g/mol. The van der Waals surface area contributed by atoms with Crippen molar-refractivity contribution >= 4 is 27.4 Å². The van der Waals surface area contributed by atoms with Gasteiger partial charge in [0.2, 0.25) is 0 Å². The first-order valence-electron chi connectivity index (χ1n) is 4.52. The molecule has 0 aliphatic rings. The third-order valence-electron chi connectivity index (χ3n) is 1.88. The number of halogens is 3. The zero-order chi connectivity index (χ0) is 13.9. The topological polar surface area (TPSA) is 75.4 Å². The van der Waals surface area contributed by atoms with Crippen molar-refractivity contribution in [1.82, 2.24) is 9.03 Å². The zero-order valence-electron chi connectivity index (χ0n) is 9.28. The van der Waals surface area contributed by atoms with Gasteiger partial charge in [0.25, 0.3) is 10.2 Å². The van der Waals surface area contributed by atoms with Crippen LogP contribution in [-0.2, 0) is 10.2 Å². The number of rotatable bonds is 6. The average Bonchev–Trinajstić information content (AvgIpc) is 2.13.